The third kappa shape index (κ3) is 4.09. The Morgan fingerprint density at radius 3 is 2.22 bits per heavy atom. The molecule has 0 aliphatic rings. The summed E-state index contributed by atoms with van der Waals surface area (Å²) in [5.74, 6) is -0.0662. The zero-order chi connectivity index (χ0) is 13.5. The van der Waals surface area contributed by atoms with Gasteiger partial charge in [-0.1, -0.05) is 38.8 Å². The predicted octanol–water partition coefficient (Wildman–Crippen LogP) is 4.67. The highest BCUT2D eigenvalue weighted by atomic mass is 19.1. The minimum Gasteiger partial charge on any atom is -0.310 e. The summed E-state index contributed by atoms with van der Waals surface area (Å²) < 4.78 is 13.7. The van der Waals surface area contributed by atoms with Crippen molar-refractivity contribution in [3.05, 3.63) is 34.6 Å². The molecular weight excluding hydrogens is 225 g/mol. The number of benzene rings is 1. The van der Waals surface area contributed by atoms with Crippen molar-refractivity contribution in [2.24, 2.45) is 0 Å². The fourth-order valence-corrected chi connectivity index (χ4v) is 2.29. The second kappa shape index (κ2) is 7.52. The molecule has 0 fully saturated rings. The van der Waals surface area contributed by atoms with Gasteiger partial charge in [0.05, 0.1) is 0 Å². The van der Waals surface area contributed by atoms with E-state index < -0.39 is 0 Å². The molecule has 0 aliphatic heterocycles. The van der Waals surface area contributed by atoms with Crippen LogP contribution in [0.1, 0.15) is 62.3 Å². The van der Waals surface area contributed by atoms with Crippen LogP contribution in [0.4, 0.5) is 4.39 Å². The van der Waals surface area contributed by atoms with Crippen LogP contribution in [-0.4, -0.2) is 6.54 Å². The van der Waals surface area contributed by atoms with E-state index in [0.717, 1.165) is 30.5 Å². The molecule has 2 heteroatoms. The van der Waals surface area contributed by atoms with Crippen LogP contribution in [-0.2, 0) is 0 Å². The Morgan fingerprint density at radius 1 is 1.11 bits per heavy atom. The molecule has 1 aromatic rings. The molecule has 0 amide bonds. The highest BCUT2D eigenvalue weighted by Gasteiger charge is 2.13. The van der Waals surface area contributed by atoms with Crippen molar-refractivity contribution in [1.29, 1.82) is 0 Å². The molecule has 1 N–H and O–H groups in total. The Labute approximate surface area is 111 Å². The van der Waals surface area contributed by atoms with Crippen LogP contribution < -0.4 is 5.32 Å². The second-order valence-electron chi connectivity index (χ2n) is 5.12. The molecule has 18 heavy (non-hydrogen) atoms. The van der Waals surface area contributed by atoms with Gasteiger partial charge in [0.2, 0.25) is 0 Å². The fourth-order valence-electron chi connectivity index (χ4n) is 2.29. The number of hydrogen-bond donors (Lipinski definition) is 1. The standard InChI is InChI=1S/C16H26FN/c1-5-7-8-15(18-9-6-2)14-10-12(3)16(17)13(4)11-14/h10-11,15,18H,5-9H2,1-4H3. The quantitative estimate of drug-likeness (QED) is 0.742. The smallest absolute Gasteiger partial charge is 0.129 e. The average Bonchev–Trinajstić information content (AvgIpc) is 2.35. The van der Waals surface area contributed by atoms with Crippen LogP contribution in [0.25, 0.3) is 0 Å². The maximum Gasteiger partial charge on any atom is 0.129 e. The molecule has 1 unspecified atom stereocenters. The number of halogens is 1. The Balaban J connectivity index is 2.89. The Morgan fingerprint density at radius 2 is 1.72 bits per heavy atom. The van der Waals surface area contributed by atoms with Gasteiger partial charge < -0.3 is 5.32 Å². The van der Waals surface area contributed by atoms with Crippen molar-refractivity contribution in [2.45, 2.75) is 59.4 Å². The Kier molecular flexibility index (Phi) is 6.34. The summed E-state index contributed by atoms with van der Waals surface area (Å²) >= 11 is 0. The summed E-state index contributed by atoms with van der Waals surface area (Å²) in [5, 5.41) is 3.57. The van der Waals surface area contributed by atoms with Gasteiger partial charge in [-0.3, -0.25) is 0 Å². The van der Waals surface area contributed by atoms with E-state index >= 15 is 0 Å². The molecule has 0 saturated heterocycles. The Hall–Kier alpha value is -0.890. The monoisotopic (exact) mass is 251 g/mol. The number of nitrogens with one attached hydrogen (secondary N) is 1. The maximum atomic E-state index is 13.7. The van der Waals surface area contributed by atoms with Crippen molar-refractivity contribution in [3.8, 4) is 0 Å². The van der Waals surface area contributed by atoms with Crippen LogP contribution in [0, 0.1) is 19.7 Å². The molecule has 0 aromatic heterocycles. The number of aryl methyl sites for hydroxylation is 2. The first-order valence-electron chi connectivity index (χ1n) is 7.10. The van der Waals surface area contributed by atoms with E-state index in [1.54, 1.807) is 0 Å². The second-order valence-corrected chi connectivity index (χ2v) is 5.12. The van der Waals surface area contributed by atoms with Gasteiger partial charge in [-0.15, -0.1) is 0 Å². The highest BCUT2D eigenvalue weighted by molar-refractivity contribution is 5.32. The third-order valence-corrected chi connectivity index (χ3v) is 3.35. The first kappa shape index (κ1) is 15.2. The van der Waals surface area contributed by atoms with Crippen molar-refractivity contribution in [1.82, 2.24) is 5.32 Å². The molecule has 0 saturated carbocycles. The van der Waals surface area contributed by atoms with Crippen LogP contribution in [0.3, 0.4) is 0 Å². The molecule has 0 spiro atoms. The van der Waals surface area contributed by atoms with Crippen molar-refractivity contribution >= 4 is 0 Å². The summed E-state index contributed by atoms with van der Waals surface area (Å²) in [6, 6.07) is 4.35. The lowest BCUT2D eigenvalue weighted by molar-refractivity contribution is 0.479. The number of rotatable bonds is 7. The minimum absolute atomic E-state index is 0.0662. The van der Waals surface area contributed by atoms with Crippen LogP contribution in [0.15, 0.2) is 12.1 Å². The highest BCUT2D eigenvalue weighted by Crippen LogP contribution is 2.24. The molecular formula is C16H26FN. The third-order valence-electron chi connectivity index (χ3n) is 3.35. The van der Waals surface area contributed by atoms with Gasteiger partial charge in [-0.05, 0) is 49.9 Å². The lowest BCUT2D eigenvalue weighted by Gasteiger charge is -2.20. The molecule has 102 valence electrons. The van der Waals surface area contributed by atoms with E-state index in [4.69, 9.17) is 0 Å². The zero-order valence-corrected chi connectivity index (χ0v) is 12.1. The lowest BCUT2D eigenvalue weighted by atomic mass is 9.97. The van der Waals surface area contributed by atoms with Gasteiger partial charge in [0.25, 0.3) is 0 Å². The molecule has 1 nitrogen and oxygen atoms in total. The molecule has 0 bridgehead atoms. The topological polar surface area (TPSA) is 12.0 Å². The molecule has 1 atom stereocenters. The first-order chi connectivity index (χ1) is 8.60. The van der Waals surface area contributed by atoms with E-state index in [-0.39, 0.29) is 5.82 Å². The van der Waals surface area contributed by atoms with Crippen molar-refractivity contribution in [3.63, 3.8) is 0 Å². The first-order valence-corrected chi connectivity index (χ1v) is 7.10. The molecule has 1 rings (SSSR count). The summed E-state index contributed by atoms with van der Waals surface area (Å²) in [6.45, 7) is 9.10. The van der Waals surface area contributed by atoms with Crippen LogP contribution in [0.2, 0.25) is 0 Å². The molecule has 0 radical (unpaired) electrons. The van der Waals surface area contributed by atoms with Gasteiger partial charge in [0.1, 0.15) is 5.82 Å². The summed E-state index contributed by atoms with van der Waals surface area (Å²) in [6.07, 6.45) is 4.66. The summed E-state index contributed by atoms with van der Waals surface area (Å²) in [7, 11) is 0. The fraction of sp³-hybridized carbons (Fsp3) is 0.625. The average molecular weight is 251 g/mol. The molecule has 0 aliphatic carbocycles. The zero-order valence-electron chi connectivity index (χ0n) is 12.1. The molecule has 1 aromatic carbocycles. The van der Waals surface area contributed by atoms with Crippen LogP contribution in [0.5, 0.6) is 0 Å². The minimum atomic E-state index is -0.0662. The largest absolute Gasteiger partial charge is 0.310 e. The van der Waals surface area contributed by atoms with E-state index in [0.29, 0.717) is 6.04 Å². The van der Waals surface area contributed by atoms with E-state index in [2.05, 4.69) is 19.2 Å². The molecule has 0 heterocycles. The van der Waals surface area contributed by atoms with Crippen molar-refractivity contribution in [2.75, 3.05) is 6.54 Å². The van der Waals surface area contributed by atoms with E-state index in [1.165, 1.54) is 18.4 Å². The predicted molar refractivity (Wildman–Crippen MR) is 76.4 cm³/mol. The maximum absolute atomic E-state index is 13.7. The van der Waals surface area contributed by atoms with Gasteiger partial charge in [0, 0.05) is 6.04 Å². The SMILES string of the molecule is CCCCC(NCCC)c1cc(C)c(F)c(C)c1. The lowest BCUT2D eigenvalue weighted by Crippen LogP contribution is -2.22. The summed E-state index contributed by atoms with van der Waals surface area (Å²) in [4.78, 5) is 0. The van der Waals surface area contributed by atoms with Crippen molar-refractivity contribution < 1.29 is 4.39 Å². The van der Waals surface area contributed by atoms with Gasteiger partial charge in [0.15, 0.2) is 0 Å². The van der Waals surface area contributed by atoms with E-state index in [1.807, 2.05) is 26.0 Å². The van der Waals surface area contributed by atoms with E-state index in [9.17, 15) is 4.39 Å². The van der Waals surface area contributed by atoms with Gasteiger partial charge in [-0.2, -0.15) is 0 Å². The number of hydrogen-bond acceptors (Lipinski definition) is 1. The van der Waals surface area contributed by atoms with Crippen LogP contribution >= 0.6 is 0 Å². The summed E-state index contributed by atoms with van der Waals surface area (Å²) in [5.41, 5.74) is 2.74. The normalized spacial score (nSPS) is 12.7. The number of unbranched alkanes of at least 4 members (excludes halogenated alkanes) is 1. The Bertz CT molecular complexity index is 342. The van der Waals surface area contributed by atoms with Gasteiger partial charge in [-0.25, -0.2) is 4.39 Å². The van der Waals surface area contributed by atoms with Gasteiger partial charge >= 0.3 is 0 Å².